The van der Waals surface area contributed by atoms with Crippen LogP contribution in [-0.4, -0.2) is 6.04 Å². The molecule has 2 unspecified atom stereocenters. The number of hydrogen-bond acceptors (Lipinski definition) is 1. The summed E-state index contributed by atoms with van der Waals surface area (Å²) in [6.45, 7) is 5.74. The van der Waals surface area contributed by atoms with Crippen LogP contribution in [0.5, 0.6) is 0 Å². The fourth-order valence-corrected chi connectivity index (χ4v) is 3.38. The molecular formula is C15H22BrN. The van der Waals surface area contributed by atoms with Gasteiger partial charge in [-0.2, -0.15) is 0 Å². The molecule has 0 aromatic heterocycles. The molecule has 2 atom stereocenters. The average Bonchev–Trinajstić information content (AvgIpc) is 2.30. The molecule has 0 saturated heterocycles. The Kier molecular flexibility index (Phi) is 4.63. The molecule has 0 heterocycles. The summed E-state index contributed by atoms with van der Waals surface area (Å²) in [5.74, 6) is 1.61. The molecule has 0 bridgehead atoms. The molecule has 0 radical (unpaired) electrons. The van der Waals surface area contributed by atoms with Gasteiger partial charge in [-0.05, 0) is 36.3 Å². The smallest absolute Gasteiger partial charge is 0.0220 e. The van der Waals surface area contributed by atoms with Gasteiger partial charge >= 0.3 is 0 Å². The monoisotopic (exact) mass is 295 g/mol. The van der Waals surface area contributed by atoms with Crippen LogP contribution in [0, 0.1) is 11.8 Å². The fraction of sp³-hybridized carbons (Fsp3) is 0.600. The van der Waals surface area contributed by atoms with Crippen molar-refractivity contribution in [3.05, 3.63) is 34.3 Å². The maximum atomic E-state index is 3.75. The third kappa shape index (κ3) is 3.32. The molecule has 1 aliphatic carbocycles. The summed E-state index contributed by atoms with van der Waals surface area (Å²) in [6, 6.07) is 9.16. The maximum absolute atomic E-state index is 3.75. The van der Waals surface area contributed by atoms with Crippen molar-refractivity contribution in [3.8, 4) is 0 Å². The lowest BCUT2D eigenvalue weighted by atomic mass is 9.78. The van der Waals surface area contributed by atoms with Gasteiger partial charge in [0.05, 0.1) is 0 Å². The van der Waals surface area contributed by atoms with Gasteiger partial charge in [0, 0.05) is 17.1 Å². The minimum absolute atomic E-state index is 0.677. The van der Waals surface area contributed by atoms with Gasteiger partial charge < -0.3 is 5.32 Å². The SMILES string of the molecule is CC1CCCC(C)C1NCc1ccccc1Br. The second-order valence-electron chi connectivity index (χ2n) is 5.38. The Hall–Kier alpha value is -0.340. The molecular weight excluding hydrogens is 274 g/mol. The van der Waals surface area contributed by atoms with E-state index in [0.717, 1.165) is 18.4 Å². The highest BCUT2D eigenvalue weighted by atomic mass is 79.9. The zero-order chi connectivity index (χ0) is 12.3. The number of hydrogen-bond donors (Lipinski definition) is 1. The summed E-state index contributed by atoms with van der Waals surface area (Å²) in [5, 5.41) is 3.75. The van der Waals surface area contributed by atoms with Gasteiger partial charge in [-0.25, -0.2) is 0 Å². The van der Waals surface area contributed by atoms with Crippen molar-refractivity contribution in [2.75, 3.05) is 0 Å². The average molecular weight is 296 g/mol. The molecule has 0 spiro atoms. The lowest BCUT2D eigenvalue weighted by molar-refractivity contribution is 0.207. The quantitative estimate of drug-likeness (QED) is 0.873. The van der Waals surface area contributed by atoms with E-state index in [0.29, 0.717) is 6.04 Å². The standard InChI is InChI=1S/C15H22BrN/c1-11-6-5-7-12(2)15(11)17-10-13-8-3-4-9-14(13)16/h3-4,8-9,11-12,15,17H,5-7,10H2,1-2H3. The number of rotatable bonds is 3. The van der Waals surface area contributed by atoms with Crippen molar-refractivity contribution in [3.63, 3.8) is 0 Å². The van der Waals surface area contributed by atoms with Crippen LogP contribution in [0.25, 0.3) is 0 Å². The van der Waals surface area contributed by atoms with E-state index in [1.54, 1.807) is 0 Å². The summed E-state index contributed by atoms with van der Waals surface area (Å²) in [6.07, 6.45) is 4.14. The Balaban J connectivity index is 1.95. The van der Waals surface area contributed by atoms with Crippen molar-refractivity contribution in [2.45, 2.75) is 45.7 Å². The second-order valence-corrected chi connectivity index (χ2v) is 6.24. The first-order chi connectivity index (χ1) is 8.18. The van der Waals surface area contributed by atoms with Gasteiger partial charge in [0.1, 0.15) is 0 Å². The third-order valence-electron chi connectivity index (χ3n) is 4.03. The Labute approximate surface area is 113 Å². The van der Waals surface area contributed by atoms with E-state index in [1.807, 2.05) is 0 Å². The Morgan fingerprint density at radius 3 is 2.47 bits per heavy atom. The molecule has 2 heteroatoms. The zero-order valence-electron chi connectivity index (χ0n) is 10.7. The summed E-state index contributed by atoms with van der Waals surface area (Å²) in [4.78, 5) is 0. The molecule has 17 heavy (non-hydrogen) atoms. The molecule has 1 nitrogen and oxygen atoms in total. The Morgan fingerprint density at radius 1 is 1.18 bits per heavy atom. The number of nitrogens with one attached hydrogen (secondary N) is 1. The van der Waals surface area contributed by atoms with Crippen LogP contribution in [-0.2, 0) is 6.54 Å². The Bertz CT molecular complexity index is 354. The first kappa shape index (κ1) is 13.1. The maximum Gasteiger partial charge on any atom is 0.0220 e. The van der Waals surface area contributed by atoms with Gasteiger partial charge in [-0.3, -0.25) is 0 Å². The fourth-order valence-electron chi connectivity index (χ4n) is 2.95. The summed E-state index contributed by atoms with van der Waals surface area (Å²) in [5.41, 5.74) is 1.36. The van der Waals surface area contributed by atoms with Crippen molar-refractivity contribution >= 4 is 15.9 Å². The second kappa shape index (κ2) is 6.01. The van der Waals surface area contributed by atoms with Crippen LogP contribution in [0.2, 0.25) is 0 Å². The predicted molar refractivity (Wildman–Crippen MR) is 76.9 cm³/mol. The van der Waals surface area contributed by atoms with Crippen molar-refractivity contribution in [1.29, 1.82) is 0 Å². The molecule has 0 amide bonds. The molecule has 2 rings (SSSR count). The summed E-state index contributed by atoms with van der Waals surface area (Å²) in [7, 11) is 0. The van der Waals surface area contributed by atoms with Gasteiger partial charge in [-0.15, -0.1) is 0 Å². The summed E-state index contributed by atoms with van der Waals surface area (Å²) < 4.78 is 1.21. The normalized spacial score (nSPS) is 29.2. The van der Waals surface area contributed by atoms with E-state index in [4.69, 9.17) is 0 Å². The van der Waals surface area contributed by atoms with E-state index in [1.165, 1.54) is 29.3 Å². The largest absolute Gasteiger partial charge is 0.309 e. The molecule has 1 saturated carbocycles. The van der Waals surface area contributed by atoms with Crippen LogP contribution in [0.15, 0.2) is 28.7 Å². The van der Waals surface area contributed by atoms with Crippen molar-refractivity contribution in [1.82, 2.24) is 5.32 Å². The molecule has 1 aromatic carbocycles. The molecule has 1 aromatic rings. The molecule has 0 aliphatic heterocycles. The highest BCUT2D eigenvalue weighted by molar-refractivity contribution is 9.10. The van der Waals surface area contributed by atoms with Crippen LogP contribution in [0.1, 0.15) is 38.7 Å². The van der Waals surface area contributed by atoms with Gasteiger partial charge in [0.25, 0.3) is 0 Å². The molecule has 1 N–H and O–H groups in total. The zero-order valence-corrected chi connectivity index (χ0v) is 12.3. The number of halogens is 1. The minimum atomic E-state index is 0.677. The molecule has 1 fully saturated rings. The van der Waals surface area contributed by atoms with E-state index in [2.05, 4.69) is 59.4 Å². The first-order valence-corrected chi connectivity index (χ1v) is 7.44. The van der Waals surface area contributed by atoms with Crippen molar-refractivity contribution < 1.29 is 0 Å². The summed E-state index contributed by atoms with van der Waals surface area (Å²) >= 11 is 3.61. The van der Waals surface area contributed by atoms with Crippen LogP contribution in [0.3, 0.4) is 0 Å². The van der Waals surface area contributed by atoms with Gasteiger partial charge in [-0.1, -0.05) is 54.4 Å². The highest BCUT2D eigenvalue weighted by Gasteiger charge is 2.26. The van der Waals surface area contributed by atoms with Crippen LogP contribution in [0.4, 0.5) is 0 Å². The van der Waals surface area contributed by atoms with Crippen molar-refractivity contribution in [2.24, 2.45) is 11.8 Å². The van der Waals surface area contributed by atoms with Crippen LogP contribution >= 0.6 is 15.9 Å². The highest BCUT2D eigenvalue weighted by Crippen LogP contribution is 2.29. The lowest BCUT2D eigenvalue weighted by Crippen LogP contribution is -2.42. The number of benzene rings is 1. The predicted octanol–water partition coefficient (Wildman–Crippen LogP) is 4.36. The first-order valence-electron chi connectivity index (χ1n) is 6.65. The van der Waals surface area contributed by atoms with E-state index in [-0.39, 0.29) is 0 Å². The van der Waals surface area contributed by atoms with Crippen LogP contribution < -0.4 is 5.32 Å². The van der Waals surface area contributed by atoms with E-state index >= 15 is 0 Å². The molecule has 1 aliphatic rings. The van der Waals surface area contributed by atoms with E-state index < -0.39 is 0 Å². The van der Waals surface area contributed by atoms with Gasteiger partial charge in [0.15, 0.2) is 0 Å². The van der Waals surface area contributed by atoms with E-state index in [9.17, 15) is 0 Å². The topological polar surface area (TPSA) is 12.0 Å². The minimum Gasteiger partial charge on any atom is -0.309 e. The molecule has 94 valence electrons. The lowest BCUT2D eigenvalue weighted by Gasteiger charge is -2.35. The third-order valence-corrected chi connectivity index (χ3v) is 4.80. The Morgan fingerprint density at radius 2 is 1.82 bits per heavy atom. The van der Waals surface area contributed by atoms with Gasteiger partial charge in [0.2, 0.25) is 0 Å².